The van der Waals surface area contributed by atoms with Crippen LogP contribution in [0.3, 0.4) is 0 Å². The Labute approximate surface area is 124 Å². The van der Waals surface area contributed by atoms with Gasteiger partial charge < -0.3 is 15.4 Å². The average molecular weight is 297 g/mol. The van der Waals surface area contributed by atoms with Gasteiger partial charge in [0.2, 0.25) is 5.95 Å². The van der Waals surface area contributed by atoms with E-state index in [-0.39, 0.29) is 11.5 Å². The zero-order valence-electron chi connectivity index (χ0n) is 11.6. The van der Waals surface area contributed by atoms with E-state index in [0.29, 0.717) is 5.15 Å². The van der Waals surface area contributed by atoms with Gasteiger partial charge in [-0.1, -0.05) is 37.3 Å². The maximum Gasteiger partial charge on any atom is 0.223 e. The number of anilines is 2. The standard InChI is InChI=1S/C14H21ClN4O/c15-11-9-12(18-13(16)17-11)19-7-8-20-14(10-19)5-3-1-2-4-6-14/h9H,1-8,10H2,(H2,16,17,18). The van der Waals surface area contributed by atoms with Crippen molar-refractivity contribution in [1.29, 1.82) is 0 Å². The van der Waals surface area contributed by atoms with E-state index in [2.05, 4.69) is 14.9 Å². The Kier molecular flexibility index (Phi) is 3.98. The Morgan fingerprint density at radius 3 is 2.65 bits per heavy atom. The third-order valence-electron chi connectivity index (χ3n) is 4.29. The van der Waals surface area contributed by atoms with E-state index in [0.717, 1.165) is 38.4 Å². The topological polar surface area (TPSA) is 64.3 Å². The lowest BCUT2D eigenvalue weighted by Gasteiger charge is -2.43. The summed E-state index contributed by atoms with van der Waals surface area (Å²) in [5, 5.41) is 0.397. The lowest BCUT2D eigenvalue weighted by Crippen LogP contribution is -2.52. The molecule has 0 aromatic carbocycles. The molecule has 2 aliphatic rings. The fraction of sp³-hybridized carbons (Fsp3) is 0.714. The maximum absolute atomic E-state index is 6.15. The normalized spacial score (nSPS) is 22.8. The number of hydrogen-bond acceptors (Lipinski definition) is 5. The zero-order chi connectivity index (χ0) is 14.0. The molecule has 1 aromatic rings. The molecule has 20 heavy (non-hydrogen) atoms. The quantitative estimate of drug-likeness (QED) is 0.807. The van der Waals surface area contributed by atoms with Crippen molar-refractivity contribution < 1.29 is 4.74 Å². The number of ether oxygens (including phenoxy) is 1. The molecule has 0 radical (unpaired) electrons. The first-order chi connectivity index (χ1) is 9.67. The van der Waals surface area contributed by atoms with E-state index >= 15 is 0 Å². The Morgan fingerprint density at radius 1 is 1.20 bits per heavy atom. The third kappa shape index (κ3) is 2.99. The summed E-state index contributed by atoms with van der Waals surface area (Å²) in [5.74, 6) is 1.04. The minimum atomic E-state index is -0.0130. The van der Waals surface area contributed by atoms with Crippen LogP contribution in [0.25, 0.3) is 0 Å². The molecule has 2 fully saturated rings. The number of nitrogens with zero attached hydrogens (tertiary/aromatic N) is 3. The van der Waals surface area contributed by atoms with Crippen molar-refractivity contribution in [2.45, 2.75) is 44.1 Å². The minimum absolute atomic E-state index is 0.0130. The minimum Gasteiger partial charge on any atom is -0.371 e. The number of aromatic nitrogens is 2. The summed E-state index contributed by atoms with van der Waals surface area (Å²) < 4.78 is 6.15. The highest BCUT2D eigenvalue weighted by molar-refractivity contribution is 6.29. The van der Waals surface area contributed by atoms with Crippen molar-refractivity contribution >= 4 is 23.4 Å². The van der Waals surface area contributed by atoms with E-state index < -0.39 is 0 Å². The van der Waals surface area contributed by atoms with Crippen molar-refractivity contribution in [2.75, 3.05) is 30.3 Å². The van der Waals surface area contributed by atoms with Gasteiger partial charge in [0.25, 0.3) is 0 Å². The van der Waals surface area contributed by atoms with Gasteiger partial charge in [-0.2, -0.15) is 4.98 Å². The van der Waals surface area contributed by atoms with E-state index in [1.54, 1.807) is 6.07 Å². The van der Waals surface area contributed by atoms with Crippen LogP contribution in [0, 0.1) is 0 Å². The number of nitrogens with two attached hydrogens (primary N) is 1. The SMILES string of the molecule is Nc1nc(Cl)cc(N2CCOC3(CCCCCC3)C2)n1. The summed E-state index contributed by atoms with van der Waals surface area (Å²) in [4.78, 5) is 10.5. The van der Waals surface area contributed by atoms with Crippen molar-refractivity contribution in [3.05, 3.63) is 11.2 Å². The van der Waals surface area contributed by atoms with Crippen LogP contribution in [0.2, 0.25) is 5.15 Å². The number of hydrogen-bond donors (Lipinski definition) is 1. The van der Waals surface area contributed by atoms with Crippen LogP contribution in [0.1, 0.15) is 38.5 Å². The molecule has 110 valence electrons. The first kappa shape index (κ1) is 13.9. The fourth-order valence-corrected chi connectivity index (χ4v) is 3.48. The first-order valence-corrected chi connectivity index (χ1v) is 7.74. The molecule has 0 amide bonds. The molecule has 0 unspecified atom stereocenters. The second-order valence-corrected chi connectivity index (χ2v) is 6.16. The zero-order valence-corrected chi connectivity index (χ0v) is 12.4. The van der Waals surface area contributed by atoms with Crippen LogP contribution in [-0.2, 0) is 4.74 Å². The molecule has 0 atom stereocenters. The summed E-state index contributed by atoms with van der Waals surface area (Å²) in [6, 6.07) is 1.79. The van der Waals surface area contributed by atoms with Crippen LogP contribution in [0.4, 0.5) is 11.8 Å². The van der Waals surface area contributed by atoms with Crippen LogP contribution in [0.5, 0.6) is 0 Å². The molecule has 1 spiro atoms. The lowest BCUT2D eigenvalue weighted by molar-refractivity contribution is -0.0654. The second kappa shape index (κ2) is 5.74. The highest BCUT2D eigenvalue weighted by Crippen LogP contribution is 2.34. The summed E-state index contributed by atoms with van der Waals surface area (Å²) in [7, 11) is 0. The molecule has 1 aromatic heterocycles. The molecular weight excluding hydrogens is 276 g/mol. The Morgan fingerprint density at radius 2 is 1.95 bits per heavy atom. The summed E-state index contributed by atoms with van der Waals surface area (Å²) in [6.07, 6.45) is 7.41. The van der Waals surface area contributed by atoms with E-state index in [4.69, 9.17) is 22.1 Å². The fourth-order valence-electron chi connectivity index (χ4n) is 3.30. The van der Waals surface area contributed by atoms with Gasteiger partial charge in [0.05, 0.1) is 12.2 Å². The van der Waals surface area contributed by atoms with Crippen LogP contribution >= 0.6 is 11.6 Å². The third-order valence-corrected chi connectivity index (χ3v) is 4.48. The van der Waals surface area contributed by atoms with Gasteiger partial charge in [0.1, 0.15) is 11.0 Å². The van der Waals surface area contributed by atoms with E-state index in [1.165, 1.54) is 25.7 Å². The van der Waals surface area contributed by atoms with Gasteiger partial charge >= 0.3 is 0 Å². The molecule has 1 aliphatic heterocycles. The molecule has 1 saturated heterocycles. The molecule has 1 saturated carbocycles. The predicted molar refractivity (Wildman–Crippen MR) is 80.1 cm³/mol. The van der Waals surface area contributed by atoms with Crippen molar-refractivity contribution in [3.63, 3.8) is 0 Å². The van der Waals surface area contributed by atoms with Crippen molar-refractivity contribution in [1.82, 2.24) is 9.97 Å². The van der Waals surface area contributed by atoms with Crippen molar-refractivity contribution in [2.24, 2.45) is 0 Å². The van der Waals surface area contributed by atoms with Gasteiger partial charge in [-0.05, 0) is 12.8 Å². The molecular formula is C14H21ClN4O. The van der Waals surface area contributed by atoms with Crippen LogP contribution < -0.4 is 10.6 Å². The Balaban J connectivity index is 1.80. The number of nitrogen functional groups attached to an aromatic ring is 1. The largest absolute Gasteiger partial charge is 0.371 e. The van der Waals surface area contributed by atoms with Gasteiger partial charge in [0.15, 0.2) is 0 Å². The lowest BCUT2D eigenvalue weighted by atomic mass is 9.92. The molecule has 2 N–H and O–H groups in total. The molecule has 0 bridgehead atoms. The van der Waals surface area contributed by atoms with Gasteiger partial charge in [-0.3, -0.25) is 0 Å². The van der Waals surface area contributed by atoms with Crippen LogP contribution in [0.15, 0.2) is 6.07 Å². The van der Waals surface area contributed by atoms with E-state index in [1.807, 2.05) is 0 Å². The van der Waals surface area contributed by atoms with Gasteiger partial charge in [-0.15, -0.1) is 0 Å². The predicted octanol–water partition coefficient (Wildman–Crippen LogP) is 2.64. The second-order valence-electron chi connectivity index (χ2n) is 5.77. The van der Waals surface area contributed by atoms with Gasteiger partial charge in [0, 0.05) is 19.2 Å². The summed E-state index contributed by atoms with van der Waals surface area (Å²) >= 11 is 5.98. The Bertz CT molecular complexity index is 454. The Hall–Kier alpha value is -1.07. The maximum atomic E-state index is 6.15. The average Bonchev–Trinajstić information content (AvgIpc) is 2.63. The molecule has 3 rings (SSSR count). The highest BCUT2D eigenvalue weighted by Gasteiger charge is 2.37. The smallest absolute Gasteiger partial charge is 0.223 e. The molecule has 5 nitrogen and oxygen atoms in total. The molecule has 2 heterocycles. The van der Waals surface area contributed by atoms with Crippen molar-refractivity contribution in [3.8, 4) is 0 Å². The van der Waals surface area contributed by atoms with Gasteiger partial charge in [-0.25, -0.2) is 4.98 Å². The monoisotopic (exact) mass is 296 g/mol. The van der Waals surface area contributed by atoms with Crippen LogP contribution in [-0.4, -0.2) is 35.3 Å². The number of rotatable bonds is 1. The summed E-state index contributed by atoms with van der Waals surface area (Å²) in [5.41, 5.74) is 5.68. The highest BCUT2D eigenvalue weighted by atomic mass is 35.5. The molecule has 1 aliphatic carbocycles. The molecule has 6 heteroatoms. The number of halogens is 1. The van der Waals surface area contributed by atoms with E-state index in [9.17, 15) is 0 Å². The first-order valence-electron chi connectivity index (χ1n) is 7.36. The number of morpholine rings is 1. The summed E-state index contributed by atoms with van der Waals surface area (Å²) in [6.45, 7) is 2.44.